The molecule has 152 valence electrons. The number of hydrogen-bond acceptors (Lipinski definition) is 3. The van der Waals surface area contributed by atoms with Crippen LogP contribution >= 0.6 is 0 Å². The minimum Gasteiger partial charge on any atom is -0.453 e. The van der Waals surface area contributed by atoms with Crippen LogP contribution in [0.5, 0.6) is 0 Å². The molecule has 0 aliphatic carbocycles. The Bertz CT molecular complexity index is 1190. The molecular weight excluding hydrogens is 384 g/mol. The van der Waals surface area contributed by atoms with Crippen molar-refractivity contribution in [2.24, 2.45) is 0 Å². The Morgan fingerprint density at radius 2 is 1.83 bits per heavy atom. The molecule has 0 atom stereocenters. The van der Waals surface area contributed by atoms with Crippen molar-refractivity contribution in [2.75, 3.05) is 0 Å². The van der Waals surface area contributed by atoms with Gasteiger partial charge in [-0.1, -0.05) is 12.1 Å². The van der Waals surface area contributed by atoms with E-state index in [2.05, 4.69) is 23.4 Å². The highest BCUT2D eigenvalue weighted by Crippen LogP contribution is 2.36. The van der Waals surface area contributed by atoms with E-state index in [-0.39, 0.29) is 24.0 Å². The first-order chi connectivity index (χ1) is 14.4. The summed E-state index contributed by atoms with van der Waals surface area (Å²) < 4.78 is 35.4. The first-order valence-corrected chi connectivity index (χ1v) is 9.67. The average Bonchev–Trinajstić information content (AvgIpc) is 3.37. The summed E-state index contributed by atoms with van der Waals surface area (Å²) in [4.78, 5) is 3.74. The van der Waals surface area contributed by atoms with Crippen molar-refractivity contribution in [2.45, 2.75) is 26.3 Å². The van der Waals surface area contributed by atoms with Crippen LogP contribution in [0.1, 0.15) is 31.2 Å². The fourth-order valence-corrected chi connectivity index (χ4v) is 3.45. The molecule has 0 fully saturated rings. The zero-order valence-electron chi connectivity index (χ0n) is 16.7. The normalized spacial score (nSPS) is 11.2. The first-order valence-electron chi connectivity index (χ1n) is 9.67. The second-order valence-corrected chi connectivity index (χ2v) is 7.37. The Morgan fingerprint density at radius 3 is 2.53 bits per heavy atom. The van der Waals surface area contributed by atoms with Crippen molar-refractivity contribution >= 4 is 5.71 Å². The number of nitrogens with zero attached hydrogens (tertiary/aromatic N) is 2. The van der Waals surface area contributed by atoms with Crippen molar-refractivity contribution in [3.8, 4) is 22.6 Å². The number of nitrogens with one attached hydrogen (secondary N) is 1. The molecule has 3 aromatic heterocycles. The topological polar surface area (TPSA) is 54.8 Å². The molecule has 4 rings (SSSR count). The molecule has 0 aliphatic rings. The lowest BCUT2D eigenvalue weighted by molar-refractivity contribution is 0.548. The van der Waals surface area contributed by atoms with Crippen LogP contribution < -0.4 is 0 Å². The summed E-state index contributed by atoms with van der Waals surface area (Å²) in [6, 6.07) is 13.6. The number of furan rings is 1. The standard InChI is InChI=1S/C24H21F2N3O/c1-15(2)29-12-10-19(16-3-5-18(25)6-4-16)24(29)23-8-7-22(30-23)21(27)13-17-9-11-28-14-20(17)26/h3-12,14-15,27H,13H2,1-2H3. The van der Waals surface area contributed by atoms with Gasteiger partial charge in [0.1, 0.15) is 17.4 Å². The number of pyridine rings is 1. The molecule has 0 saturated heterocycles. The maximum atomic E-state index is 13.9. The van der Waals surface area contributed by atoms with Gasteiger partial charge in [0.05, 0.1) is 17.6 Å². The summed E-state index contributed by atoms with van der Waals surface area (Å²) in [5.41, 5.74) is 3.21. The Morgan fingerprint density at radius 1 is 1.07 bits per heavy atom. The monoisotopic (exact) mass is 405 g/mol. The Balaban J connectivity index is 1.70. The van der Waals surface area contributed by atoms with E-state index in [1.165, 1.54) is 18.3 Å². The molecule has 0 radical (unpaired) electrons. The number of rotatable bonds is 6. The SMILES string of the molecule is CC(C)n1ccc(-c2ccc(F)cc2)c1-c1ccc(C(=N)Cc2ccncc2F)o1. The van der Waals surface area contributed by atoms with Gasteiger partial charge in [-0.05, 0) is 61.4 Å². The molecule has 0 saturated carbocycles. The molecule has 0 unspecified atom stereocenters. The van der Waals surface area contributed by atoms with Crippen LogP contribution in [-0.2, 0) is 6.42 Å². The summed E-state index contributed by atoms with van der Waals surface area (Å²) >= 11 is 0. The van der Waals surface area contributed by atoms with Gasteiger partial charge in [0.2, 0.25) is 0 Å². The number of halogens is 2. The fraction of sp³-hybridized carbons (Fsp3) is 0.167. The summed E-state index contributed by atoms with van der Waals surface area (Å²) in [6.45, 7) is 4.13. The van der Waals surface area contributed by atoms with E-state index in [4.69, 9.17) is 9.83 Å². The van der Waals surface area contributed by atoms with E-state index in [0.717, 1.165) is 23.0 Å². The molecule has 4 nitrogen and oxygen atoms in total. The van der Waals surface area contributed by atoms with Crippen LogP contribution in [0.2, 0.25) is 0 Å². The van der Waals surface area contributed by atoms with Crippen molar-refractivity contribution in [3.63, 3.8) is 0 Å². The minimum atomic E-state index is -0.443. The van der Waals surface area contributed by atoms with E-state index < -0.39 is 5.82 Å². The van der Waals surface area contributed by atoms with Gasteiger partial charge in [-0.25, -0.2) is 8.78 Å². The van der Waals surface area contributed by atoms with Gasteiger partial charge < -0.3 is 14.4 Å². The molecule has 0 spiro atoms. The van der Waals surface area contributed by atoms with Gasteiger partial charge >= 0.3 is 0 Å². The van der Waals surface area contributed by atoms with Crippen molar-refractivity contribution in [1.29, 1.82) is 5.41 Å². The molecule has 4 aromatic rings. The van der Waals surface area contributed by atoms with E-state index in [9.17, 15) is 8.78 Å². The lowest BCUT2D eigenvalue weighted by Crippen LogP contribution is -2.04. The van der Waals surface area contributed by atoms with Crippen LogP contribution in [-0.4, -0.2) is 15.3 Å². The van der Waals surface area contributed by atoms with E-state index in [1.54, 1.807) is 24.3 Å². The van der Waals surface area contributed by atoms with Crippen LogP contribution in [0, 0.1) is 17.0 Å². The highest BCUT2D eigenvalue weighted by atomic mass is 19.1. The lowest BCUT2D eigenvalue weighted by atomic mass is 10.0. The molecule has 0 amide bonds. The quantitative estimate of drug-likeness (QED) is 0.384. The summed E-state index contributed by atoms with van der Waals surface area (Å²) in [5.74, 6) is 0.243. The fourth-order valence-electron chi connectivity index (χ4n) is 3.45. The van der Waals surface area contributed by atoms with Gasteiger partial charge in [-0.3, -0.25) is 4.98 Å². The van der Waals surface area contributed by atoms with E-state index >= 15 is 0 Å². The zero-order valence-corrected chi connectivity index (χ0v) is 16.7. The maximum absolute atomic E-state index is 13.9. The zero-order chi connectivity index (χ0) is 21.3. The second kappa shape index (κ2) is 8.06. The highest BCUT2D eigenvalue weighted by molar-refractivity contribution is 5.97. The first kappa shape index (κ1) is 19.8. The van der Waals surface area contributed by atoms with E-state index in [0.29, 0.717) is 17.1 Å². The minimum absolute atomic E-state index is 0.108. The summed E-state index contributed by atoms with van der Waals surface area (Å²) in [5, 5.41) is 8.35. The number of aromatic nitrogens is 2. The molecule has 1 aromatic carbocycles. The average molecular weight is 405 g/mol. The summed E-state index contributed by atoms with van der Waals surface area (Å²) in [6.07, 6.45) is 4.72. The van der Waals surface area contributed by atoms with Crippen LogP contribution in [0.4, 0.5) is 8.78 Å². The number of benzene rings is 1. The van der Waals surface area contributed by atoms with Crippen molar-refractivity contribution in [1.82, 2.24) is 9.55 Å². The third-order valence-corrected chi connectivity index (χ3v) is 4.99. The molecular formula is C24H21F2N3O. The van der Waals surface area contributed by atoms with Gasteiger partial charge in [0.15, 0.2) is 5.76 Å². The Hall–Kier alpha value is -3.54. The van der Waals surface area contributed by atoms with Gasteiger partial charge in [-0.15, -0.1) is 0 Å². The predicted octanol–water partition coefficient (Wildman–Crippen LogP) is 6.28. The molecule has 6 heteroatoms. The summed E-state index contributed by atoms with van der Waals surface area (Å²) in [7, 11) is 0. The highest BCUT2D eigenvalue weighted by Gasteiger charge is 2.19. The smallest absolute Gasteiger partial charge is 0.151 e. The molecule has 3 heterocycles. The third-order valence-electron chi connectivity index (χ3n) is 4.99. The van der Waals surface area contributed by atoms with Crippen molar-refractivity contribution in [3.05, 3.63) is 90.1 Å². The molecule has 0 bridgehead atoms. The largest absolute Gasteiger partial charge is 0.453 e. The third kappa shape index (κ3) is 3.81. The Kier molecular flexibility index (Phi) is 5.31. The van der Waals surface area contributed by atoms with Crippen LogP contribution in [0.25, 0.3) is 22.6 Å². The van der Waals surface area contributed by atoms with Crippen molar-refractivity contribution < 1.29 is 13.2 Å². The molecule has 30 heavy (non-hydrogen) atoms. The van der Waals surface area contributed by atoms with Crippen LogP contribution in [0.15, 0.2) is 71.5 Å². The molecule has 0 aliphatic heterocycles. The second-order valence-electron chi connectivity index (χ2n) is 7.37. The maximum Gasteiger partial charge on any atom is 0.151 e. The van der Waals surface area contributed by atoms with Gasteiger partial charge in [0, 0.05) is 30.4 Å². The van der Waals surface area contributed by atoms with Gasteiger partial charge in [-0.2, -0.15) is 0 Å². The predicted molar refractivity (Wildman–Crippen MR) is 113 cm³/mol. The Labute approximate surface area is 173 Å². The van der Waals surface area contributed by atoms with E-state index in [1.807, 2.05) is 18.3 Å². The van der Waals surface area contributed by atoms with Gasteiger partial charge in [0.25, 0.3) is 0 Å². The molecule has 1 N–H and O–H groups in total. The number of hydrogen-bond donors (Lipinski definition) is 1. The van der Waals surface area contributed by atoms with Crippen LogP contribution in [0.3, 0.4) is 0 Å². The lowest BCUT2D eigenvalue weighted by Gasteiger charge is -2.13.